The van der Waals surface area contributed by atoms with Crippen molar-refractivity contribution in [1.29, 1.82) is 0 Å². The fourth-order valence-corrected chi connectivity index (χ4v) is 1.49. The number of benzene rings is 1. The van der Waals surface area contributed by atoms with E-state index in [0.717, 1.165) is 30.2 Å². The lowest BCUT2D eigenvalue weighted by Gasteiger charge is -2.13. The molecule has 0 aromatic heterocycles. The van der Waals surface area contributed by atoms with Gasteiger partial charge in [0.2, 0.25) is 0 Å². The molecule has 0 heterocycles. The van der Waals surface area contributed by atoms with Crippen LogP contribution in [0.2, 0.25) is 0 Å². The molecule has 1 aromatic carbocycles. The Kier molecular flexibility index (Phi) is 6.00. The van der Waals surface area contributed by atoms with Crippen molar-refractivity contribution in [2.45, 2.75) is 20.3 Å². The second kappa shape index (κ2) is 7.60. The molecular weight excluding hydrogens is 214 g/mol. The minimum Gasteiger partial charge on any atom is -0.494 e. The normalized spacial score (nSPS) is 9.76. The first-order valence-electron chi connectivity index (χ1n) is 6.06. The van der Waals surface area contributed by atoms with E-state index < -0.39 is 0 Å². The smallest absolute Gasteiger partial charge is 0.142 e. The molecule has 0 aliphatic carbocycles. The molecule has 0 atom stereocenters. The Morgan fingerprint density at radius 2 is 2.00 bits per heavy atom. The summed E-state index contributed by atoms with van der Waals surface area (Å²) in [7, 11) is 0. The molecule has 1 N–H and O–H groups in total. The summed E-state index contributed by atoms with van der Waals surface area (Å²) in [5.74, 6) is 1.72. The van der Waals surface area contributed by atoms with Gasteiger partial charge in [0.15, 0.2) is 0 Å². The Morgan fingerprint density at radius 3 is 2.65 bits per heavy atom. The first-order valence-corrected chi connectivity index (χ1v) is 6.06. The standard InChI is InChI=1S/C14H21NO2/c1-4-7-10-15-13-11-12(16-5-2)8-9-14(13)17-6-3/h4,8-9,11,15H,1,5-7,10H2,2-3H3. The van der Waals surface area contributed by atoms with Crippen LogP contribution >= 0.6 is 0 Å². The van der Waals surface area contributed by atoms with Crippen LogP contribution < -0.4 is 14.8 Å². The number of rotatable bonds is 8. The average Bonchev–Trinajstić information content (AvgIpc) is 2.33. The quantitative estimate of drug-likeness (QED) is 0.553. The van der Waals surface area contributed by atoms with Gasteiger partial charge in [0, 0.05) is 12.6 Å². The van der Waals surface area contributed by atoms with Gasteiger partial charge in [-0.15, -0.1) is 6.58 Å². The summed E-state index contributed by atoms with van der Waals surface area (Å²) < 4.78 is 11.0. The minimum atomic E-state index is 0.657. The summed E-state index contributed by atoms with van der Waals surface area (Å²) in [4.78, 5) is 0. The summed E-state index contributed by atoms with van der Waals surface area (Å²) in [6.45, 7) is 9.82. The van der Waals surface area contributed by atoms with Gasteiger partial charge in [0.05, 0.1) is 18.9 Å². The Balaban J connectivity index is 2.77. The van der Waals surface area contributed by atoms with Crippen molar-refractivity contribution >= 4 is 5.69 Å². The number of hydrogen-bond acceptors (Lipinski definition) is 3. The number of hydrogen-bond donors (Lipinski definition) is 1. The molecule has 1 aromatic rings. The van der Waals surface area contributed by atoms with Crippen molar-refractivity contribution < 1.29 is 9.47 Å². The van der Waals surface area contributed by atoms with Crippen molar-refractivity contribution in [1.82, 2.24) is 0 Å². The van der Waals surface area contributed by atoms with E-state index in [1.54, 1.807) is 0 Å². The third kappa shape index (κ3) is 4.39. The second-order valence-electron chi connectivity index (χ2n) is 3.53. The molecule has 0 aliphatic rings. The molecule has 94 valence electrons. The molecule has 0 spiro atoms. The van der Waals surface area contributed by atoms with Crippen LogP contribution in [0.5, 0.6) is 11.5 Å². The third-order valence-electron chi connectivity index (χ3n) is 2.23. The van der Waals surface area contributed by atoms with E-state index in [0.29, 0.717) is 13.2 Å². The average molecular weight is 235 g/mol. The van der Waals surface area contributed by atoms with Crippen LogP contribution in [0.3, 0.4) is 0 Å². The van der Waals surface area contributed by atoms with Gasteiger partial charge < -0.3 is 14.8 Å². The molecule has 3 nitrogen and oxygen atoms in total. The topological polar surface area (TPSA) is 30.5 Å². The first-order chi connectivity index (χ1) is 8.31. The molecule has 0 saturated heterocycles. The summed E-state index contributed by atoms with van der Waals surface area (Å²) in [5.41, 5.74) is 0.972. The van der Waals surface area contributed by atoms with E-state index in [2.05, 4.69) is 11.9 Å². The van der Waals surface area contributed by atoms with Gasteiger partial charge in [-0.1, -0.05) is 6.08 Å². The predicted octanol–water partition coefficient (Wildman–Crippen LogP) is 3.47. The number of nitrogens with one attached hydrogen (secondary N) is 1. The van der Waals surface area contributed by atoms with E-state index >= 15 is 0 Å². The fourth-order valence-electron chi connectivity index (χ4n) is 1.49. The van der Waals surface area contributed by atoms with E-state index in [4.69, 9.17) is 9.47 Å². The van der Waals surface area contributed by atoms with Crippen LogP contribution in [0.25, 0.3) is 0 Å². The van der Waals surface area contributed by atoms with Crippen LogP contribution in [0.15, 0.2) is 30.9 Å². The maximum absolute atomic E-state index is 5.56. The van der Waals surface area contributed by atoms with Crippen molar-refractivity contribution in [3.63, 3.8) is 0 Å². The number of ether oxygens (including phenoxy) is 2. The Morgan fingerprint density at radius 1 is 1.24 bits per heavy atom. The zero-order valence-electron chi connectivity index (χ0n) is 10.7. The van der Waals surface area contributed by atoms with E-state index in [1.165, 1.54) is 0 Å². The summed E-state index contributed by atoms with van der Waals surface area (Å²) in [5, 5.41) is 3.32. The van der Waals surface area contributed by atoms with Crippen LogP contribution in [0.1, 0.15) is 20.3 Å². The van der Waals surface area contributed by atoms with Crippen LogP contribution in [-0.4, -0.2) is 19.8 Å². The van der Waals surface area contributed by atoms with Gasteiger partial charge in [0.1, 0.15) is 11.5 Å². The Bertz CT molecular complexity index is 350. The van der Waals surface area contributed by atoms with E-state index in [9.17, 15) is 0 Å². The lowest BCUT2D eigenvalue weighted by atomic mass is 10.2. The molecule has 3 heteroatoms. The monoisotopic (exact) mass is 235 g/mol. The summed E-state index contributed by atoms with van der Waals surface area (Å²) in [6, 6.07) is 5.83. The maximum Gasteiger partial charge on any atom is 0.142 e. The van der Waals surface area contributed by atoms with Crippen molar-refractivity contribution in [3.05, 3.63) is 30.9 Å². The highest BCUT2D eigenvalue weighted by Crippen LogP contribution is 2.29. The summed E-state index contributed by atoms with van der Waals surface area (Å²) in [6.07, 6.45) is 2.81. The zero-order valence-corrected chi connectivity index (χ0v) is 10.7. The predicted molar refractivity (Wildman–Crippen MR) is 72.1 cm³/mol. The fraction of sp³-hybridized carbons (Fsp3) is 0.429. The van der Waals surface area contributed by atoms with Crippen molar-refractivity contribution in [3.8, 4) is 11.5 Å². The third-order valence-corrected chi connectivity index (χ3v) is 2.23. The molecule has 0 unspecified atom stereocenters. The molecular formula is C14H21NO2. The highest BCUT2D eigenvalue weighted by Gasteiger charge is 2.04. The van der Waals surface area contributed by atoms with Crippen LogP contribution in [0, 0.1) is 0 Å². The second-order valence-corrected chi connectivity index (χ2v) is 3.53. The zero-order chi connectivity index (χ0) is 12.5. The van der Waals surface area contributed by atoms with E-state index in [-0.39, 0.29) is 0 Å². The molecule has 17 heavy (non-hydrogen) atoms. The largest absolute Gasteiger partial charge is 0.494 e. The Labute approximate surface area is 103 Å². The summed E-state index contributed by atoms with van der Waals surface area (Å²) >= 11 is 0. The Hall–Kier alpha value is -1.64. The first kappa shape index (κ1) is 13.4. The van der Waals surface area contributed by atoms with Gasteiger partial charge in [-0.25, -0.2) is 0 Å². The molecule has 0 fully saturated rings. The number of anilines is 1. The van der Waals surface area contributed by atoms with Gasteiger partial charge in [-0.05, 0) is 32.4 Å². The minimum absolute atomic E-state index is 0.657. The van der Waals surface area contributed by atoms with Crippen LogP contribution in [-0.2, 0) is 0 Å². The SMILES string of the molecule is C=CCCNc1cc(OCC)ccc1OCC. The highest BCUT2D eigenvalue weighted by atomic mass is 16.5. The van der Waals surface area contributed by atoms with Crippen molar-refractivity contribution in [2.75, 3.05) is 25.1 Å². The lowest BCUT2D eigenvalue weighted by Crippen LogP contribution is -2.04. The van der Waals surface area contributed by atoms with Gasteiger partial charge in [0.25, 0.3) is 0 Å². The van der Waals surface area contributed by atoms with Gasteiger partial charge in [-0.2, -0.15) is 0 Å². The van der Waals surface area contributed by atoms with Crippen LogP contribution in [0.4, 0.5) is 5.69 Å². The highest BCUT2D eigenvalue weighted by molar-refractivity contribution is 5.59. The lowest BCUT2D eigenvalue weighted by molar-refractivity contribution is 0.332. The van der Waals surface area contributed by atoms with Crippen molar-refractivity contribution in [2.24, 2.45) is 0 Å². The van der Waals surface area contributed by atoms with Gasteiger partial charge in [-0.3, -0.25) is 0 Å². The van der Waals surface area contributed by atoms with Gasteiger partial charge >= 0.3 is 0 Å². The molecule has 0 amide bonds. The molecule has 1 rings (SSSR count). The van der Waals surface area contributed by atoms with E-state index in [1.807, 2.05) is 38.1 Å². The molecule has 0 aliphatic heterocycles. The molecule has 0 bridgehead atoms. The molecule has 0 saturated carbocycles. The maximum atomic E-state index is 5.56. The molecule has 0 radical (unpaired) electrons.